The average Bonchev–Trinajstić information content (AvgIpc) is 2.34. The van der Waals surface area contributed by atoms with Crippen LogP contribution in [0.1, 0.15) is 11.3 Å². The third kappa shape index (κ3) is 3.41. The highest BCUT2D eigenvalue weighted by atomic mass is 35.5. The second kappa shape index (κ2) is 5.61. The molecule has 0 aliphatic heterocycles. The molecule has 0 bridgehead atoms. The second-order valence-corrected chi connectivity index (χ2v) is 3.92. The fraction of sp³-hybridized carbons (Fsp3) is 0.167. The molecule has 2 aromatic rings. The summed E-state index contributed by atoms with van der Waals surface area (Å²) < 4.78 is 5.50. The summed E-state index contributed by atoms with van der Waals surface area (Å²) in [5.74, 6) is 0.403. The molecule has 2 rings (SSSR count). The molecule has 1 aromatic carbocycles. The molecule has 1 aromatic heterocycles. The van der Waals surface area contributed by atoms with E-state index < -0.39 is 0 Å². The first-order chi connectivity index (χ1) is 8.25. The molecule has 5 heteroatoms. The van der Waals surface area contributed by atoms with E-state index in [0.29, 0.717) is 24.1 Å². The van der Waals surface area contributed by atoms with Crippen LogP contribution in [0.2, 0.25) is 5.02 Å². The first kappa shape index (κ1) is 11.8. The molecular formula is C12H12ClN3O. The predicted molar refractivity (Wildman–Crippen MR) is 66.4 cm³/mol. The Balaban J connectivity index is 1.88. The van der Waals surface area contributed by atoms with E-state index in [-0.39, 0.29) is 0 Å². The van der Waals surface area contributed by atoms with Crippen molar-refractivity contribution in [2.75, 3.05) is 5.73 Å². The van der Waals surface area contributed by atoms with E-state index >= 15 is 0 Å². The van der Waals surface area contributed by atoms with Crippen molar-refractivity contribution in [3.8, 4) is 0 Å². The molecular weight excluding hydrogens is 238 g/mol. The third-order valence-electron chi connectivity index (χ3n) is 2.19. The lowest BCUT2D eigenvalue weighted by Gasteiger charge is -2.05. The van der Waals surface area contributed by atoms with Gasteiger partial charge in [0.05, 0.1) is 31.3 Å². The second-order valence-electron chi connectivity index (χ2n) is 3.52. The summed E-state index contributed by atoms with van der Waals surface area (Å²) in [5, 5.41) is 0.705. The summed E-state index contributed by atoms with van der Waals surface area (Å²) >= 11 is 6.00. The van der Waals surface area contributed by atoms with Crippen LogP contribution in [0.15, 0.2) is 36.7 Å². The van der Waals surface area contributed by atoms with Gasteiger partial charge in [0.1, 0.15) is 5.82 Å². The average molecular weight is 250 g/mol. The highest BCUT2D eigenvalue weighted by Crippen LogP contribution is 2.16. The summed E-state index contributed by atoms with van der Waals surface area (Å²) in [6, 6.07) is 7.57. The zero-order valence-electron chi connectivity index (χ0n) is 9.14. The first-order valence-corrected chi connectivity index (χ1v) is 5.51. The van der Waals surface area contributed by atoms with Crippen LogP contribution in [0, 0.1) is 0 Å². The van der Waals surface area contributed by atoms with Gasteiger partial charge in [-0.1, -0.05) is 29.8 Å². The molecule has 88 valence electrons. The number of hydrogen-bond donors (Lipinski definition) is 1. The molecule has 1 heterocycles. The first-order valence-electron chi connectivity index (χ1n) is 5.13. The van der Waals surface area contributed by atoms with Gasteiger partial charge in [-0.25, -0.2) is 4.98 Å². The summed E-state index contributed by atoms with van der Waals surface area (Å²) in [6.45, 7) is 0.838. The maximum absolute atomic E-state index is 6.00. The Hall–Kier alpha value is -1.65. The van der Waals surface area contributed by atoms with Crippen molar-refractivity contribution >= 4 is 17.4 Å². The van der Waals surface area contributed by atoms with Crippen molar-refractivity contribution in [3.05, 3.63) is 52.9 Å². The van der Waals surface area contributed by atoms with Crippen molar-refractivity contribution in [1.82, 2.24) is 9.97 Å². The maximum Gasteiger partial charge on any atom is 0.141 e. The van der Waals surface area contributed by atoms with Gasteiger partial charge in [0, 0.05) is 5.02 Å². The van der Waals surface area contributed by atoms with Crippen LogP contribution >= 0.6 is 11.6 Å². The molecule has 0 amide bonds. The van der Waals surface area contributed by atoms with Gasteiger partial charge in [-0.3, -0.25) is 4.98 Å². The number of nitrogen functional groups attached to an aromatic ring is 1. The van der Waals surface area contributed by atoms with Gasteiger partial charge in [0.25, 0.3) is 0 Å². The van der Waals surface area contributed by atoms with Crippen molar-refractivity contribution in [3.63, 3.8) is 0 Å². The van der Waals surface area contributed by atoms with E-state index in [4.69, 9.17) is 22.1 Å². The number of nitrogens with zero attached hydrogens (tertiary/aromatic N) is 2. The number of aromatic nitrogens is 2. The molecule has 0 spiro atoms. The molecule has 0 radical (unpaired) electrons. The normalized spacial score (nSPS) is 10.4. The number of ether oxygens (including phenoxy) is 1. The standard InChI is InChI=1S/C12H12ClN3O/c13-11-4-2-1-3-9(11)7-17-8-10-5-16-12(14)6-15-10/h1-6H,7-8H2,(H2,14,16). The fourth-order valence-corrected chi connectivity index (χ4v) is 1.51. The van der Waals surface area contributed by atoms with E-state index in [0.717, 1.165) is 11.3 Å². The van der Waals surface area contributed by atoms with E-state index in [1.807, 2.05) is 24.3 Å². The van der Waals surface area contributed by atoms with Crippen LogP contribution in [0.25, 0.3) is 0 Å². The molecule has 0 saturated carbocycles. The van der Waals surface area contributed by atoms with E-state index in [9.17, 15) is 0 Å². The third-order valence-corrected chi connectivity index (χ3v) is 2.56. The summed E-state index contributed by atoms with van der Waals surface area (Å²) in [4.78, 5) is 8.02. The largest absolute Gasteiger partial charge is 0.382 e. The van der Waals surface area contributed by atoms with Crippen LogP contribution in [-0.2, 0) is 18.0 Å². The molecule has 0 unspecified atom stereocenters. The van der Waals surface area contributed by atoms with Crippen LogP contribution in [0.4, 0.5) is 5.82 Å². The zero-order chi connectivity index (χ0) is 12.1. The van der Waals surface area contributed by atoms with Crippen LogP contribution in [0.3, 0.4) is 0 Å². The molecule has 0 atom stereocenters. The van der Waals surface area contributed by atoms with Gasteiger partial charge in [0.2, 0.25) is 0 Å². The summed E-state index contributed by atoms with van der Waals surface area (Å²) in [6.07, 6.45) is 3.11. The molecule has 2 N–H and O–H groups in total. The molecule has 0 aliphatic carbocycles. The minimum atomic E-state index is 0.387. The Kier molecular flexibility index (Phi) is 3.90. The lowest BCUT2D eigenvalue weighted by Crippen LogP contribution is -1.99. The van der Waals surface area contributed by atoms with Crippen molar-refractivity contribution in [2.45, 2.75) is 13.2 Å². The lowest BCUT2D eigenvalue weighted by atomic mass is 10.2. The molecule has 4 nitrogen and oxygen atoms in total. The molecule has 0 aliphatic rings. The molecule has 0 saturated heterocycles. The predicted octanol–water partition coefficient (Wildman–Crippen LogP) is 2.43. The number of anilines is 1. The molecule has 17 heavy (non-hydrogen) atoms. The minimum Gasteiger partial charge on any atom is -0.382 e. The number of nitrogens with two attached hydrogens (primary N) is 1. The minimum absolute atomic E-state index is 0.387. The molecule has 0 fully saturated rings. The van der Waals surface area contributed by atoms with Crippen LogP contribution in [-0.4, -0.2) is 9.97 Å². The van der Waals surface area contributed by atoms with E-state index in [1.54, 1.807) is 6.20 Å². The van der Waals surface area contributed by atoms with Crippen LogP contribution < -0.4 is 5.73 Å². The van der Waals surface area contributed by atoms with E-state index in [1.165, 1.54) is 6.20 Å². The SMILES string of the molecule is Nc1cnc(COCc2ccccc2Cl)cn1. The summed E-state index contributed by atoms with van der Waals surface area (Å²) in [7, 11) is 0. The fourth-order valence-electron chi connectivity index (χ4n) is 1.32. The Labute approximate surface area is 104 Å². The van der Waals surface area contributed by atoms with Crippen LogP contribution in [0.5, 0.6) is 0 Å². The topological polar surface area (TPSA) is 61.0 Å². The maximum atomic E-state index is 6.00. The van der Waals surface area contributed by atoms with Gasteiger partial charge in [-0.15, -0.1) is 0 Å². The van der Waals surface area contributed by atoms with Gasteiger partial charge in [-0.05, 0) is 11.6 Å². The van der Waals surface area contributed by atoms with Gasteiger partial charge >= 0.3 is 0 Å². The van der Waals surface area contributed by atoms with Gasteiger partial charge in [-0.2, -0.15) is 0 Å². The number of hydrogen-bond acceptors (Lipinski definition) is 4. The van der Waals surface area contributed by atoms with Crippen molar-refractivity contribution in [2.24, 2.45) is 0 Å². The van der Waals surface area contributed by atoms with E-state index in [2.05, 4.69) is 9.97 Å². The summed E-state index contributed by atoms with van der Waals surface area (Å²) in [5.41, 5.74) is 7.13. The van der Waals surface area contributed by atoms with Gasteiger partial charge in [0.15, 0.2) is 0 Å². The number of benzene rings is 1. The quantitative estimate of drug-likeness (QED) is 0.904. The highest BCUT2D eigenvalue weighted by Gasteiger charge is 2.00. The van der Waals surface area contributed by atoms with Crippen molar-refractivity contribution in [1.29, 1.82) is 0 Å². The smallest absolute Gasteiger partial charge is 0.141 e. The number of rotatable bonds is 4. The Morgan fingerprint density at radius 3 is 2.65 bits per heavy atom. The van der Waals surface area contributed by atoms with Crippen molar-refractivity contribution < 1.29 is 4.74 Å². The monoisotopic (exact) mass is 249 g/mol. The number of halogens is 1. The van der Waals surface area contributed by atoms with Gasteiger partial charge < -0.3 is 10.5 Å². The Morgan fingerprint density at radius 2 is 1.94 bits per heavy atom. The lowest BCUT2D eigenvalue weighted by molar-refractivity contribution is 0.104. The Bertz CT molecular complexity index is 487. The highest BCUT2D eigenvalue weighted by molar-refractivity contribution is 6.31. The zero-order valence-corrected chi connectivity index (χ0v) is 9.89. The Morgan fingerprint density at radius 1 is 1.12 bits per heavy atom.